The topological polar surface area (TPSA) is 79.6 Å². The number of carbonyl (C=O) groups excluding carboxylic acids is 1. The molecule has 2 N–H and O–H groups in total. The van der Waals surface area contributed by atoms with Crippen molar-refractivity contribution in [3.8, 4) is 0 Å². The van der Waals surface area contributed by atoms with Crippen LogP contribution in [0.1, 0.15) is 48.9 Å². The van der Waals surface area contributed by atoms with E-state index in [0.29, 0.717) is 24.8 Å². The number of nitrogens with zero attached hydrogens (tertiary/aromatic N) is 3. The Bertz CT molecular complexity index is 586. The first-order valence-corrected chi connectivity index (χ1v) is 8.81. The lowest BCUT2D eigenvalue weighted by Gasteiger charge is -2.34. The molecule has 7 nitrogen and oxygen atoms in total. The Kier molecular flexibility index (Phi) is 5.22. The van der Waals surface area contributed by atoms with Gasteiger partial charge in [-0.2, -0.15) is 5.10 Å². The summed E-state index contributed by atoms with van der Waals surface area (Å²) in [4.78, 5) is 14.9. The smallest absolute Gasteiger partial charge is 0.272 e. The lowest BCUT2D eigenvalue weighted by Crippen LogP contribution is -2.46. The van der Waals surface area contributed by atoms with Gasteiger partial charge in [0.05, 0.1) is 12.7 Å². The van der Waals surface area contributed by atoms with Crippen LogP contribution in [0.4, 0.5) is 0 Å². The second kappa shape index (κ2) is 7.21. The molecule has 0 spiro atoms. The third-order valence-electron chi connectivity index (χ3n) is 4.92. The summed E-state index contributed by atoms with van der Waals surface area (Å²) < 4.78 is 7.66. The van der Waals surface area contributed by atoms with Crippen LogP contribution in [0, 0.1) is 6.92 Å². The Hall–Kier alpha value is -1.44. The molecule has 0 bridgehead atoms. The van der Waals surface area contributed by atoms with Crippen LogP contribution in [0.15, 0.2) is 6.07 Å². The van der Waals surface area contributed by atoms with E-state index in [4.69, 9.17) is 9.84 Å². The Labute approximate surface area is 143 Å². The average Bonchev–Trinajstić information content (AvgIpc) is 3.10. The third kappa shape index (κ3) is 3.63. The van der Waals surface area contributed by atoms with Crippen LogP contribution in [-0.2, 0) is 4.74 Å². The highest BCUT2D eigenvalue weighted by Crippen LogP contribution is 2.24. The predicted octanol–water partition coefficient (Wildman–Crippen LogP) is 0.726. The van der Waals surface area contributed by atoms with Crippen LogP contribution in [0.5, 0.6) is 0 Å². The molecule has 1 amide bonds. The molecule has 2 aliphatic rings. The van der Waals surface area contributed by atoms with Crippen LogP contribution in [-0.4, -0.2) is 70.2 Å². The fourth-order valence-electron chi connectivity index (χ4n) is 3.75. The zero-order chi connectivity index (χ0) is 17.3. The minimum atomic E-state index is -0.102. The molecule has 24 heavy (non-hydrogen) atoms. The molecule has 0 aromatic carbocycles. The molecule has 3 heterocycles. The van der Waals surface area contributed by atoms with Gasteiger partial charge in [-0.05, 0) is 39.7 Å². The highest BCUT2D eigenvalue weighted by Gasteiger charge is 2.37. The molecule has 0 saturated carbocycles. The highest BCUT2D eigenvalue weighted by molar-refractivity contribution is 5.92. The van der Waals surface area contributed by atoms with Crippen molar-refractivity contribution in [2.75, 3.05) is 26.3 Å². The van der Waals surface area contributed by atoms with E-state index in [1.54, 1.807) is 0 Å². The summed E-state index contributed by atoms with van der Waals surface area (Å²) in [5.74, 6) is -0.102. The number of amides is 1. The van der Waals surface area contributed by atoms with E-state index < -0.39 is 0 Å². The zero-order valence-electron chi connectivity index (χ0n) is 14.7. The number of fused-ring (bicyclic) bond motifs is 1. The van der Waals surface area contributed by atoms with Crippen molar-refractivity contribution in [2.45, 2.75) is 57.8 Å². The summed E-state index contributed by atoms with van der Waals surface area (Å²) in [5, 5.41) is 16.6. The minimum Gasteiger partial charge on any atom is -0.396 e. The molecule has 1 aromatic heterocycles. The molecule has 3 rings (SSSR count). The van der Waals surface area contributed by atoms with E-state index in [0.717, 1.165) is 25.2 Å². The van der Waals surface area contributed by atoms with Gasteiger partial charge < -0.3 is 15.2 Å². The number of hydrogen-bond acceptors (Lipinski definition) is 5. The van der Waals surface area contributed by atoms with Crippen molar-refractivity contribution in [3.05, 3.63) is 17.5 Å². The van der Waals surface area contributed by atoms with E-state index in [2.05, 4.69) is 29.2 Å². The summed E-state index contributed by atoms with van der Waals surface area (Å²) in [5.41, 5.74) is 1.49. The van der Waals surface area contributed by atoms with Gasteiger partial charge in [-0.15, -0.1) is 0 Å². The van der Waals surface area contributed by atoms with Crippen LogP contribution in [0.2, 0.25) is 0 Å². The predicted molar refractivity (Wildman–Crippen MR) is 90.0 cm³/mol. The third-order valence-corrected chi connectivity index (χ3v) is 4.92. The van der Waals surface area contributed by atoms with Gasteiger partial charge in [-0.1, -0.05) is 0 Å². The largest absolute Gasteiger partial charge is 0.396 e. The first-order chi connectivity index (χ1) is 11.5. The second-order valence-electron chi connectivity index (χ2n) is 7.19. The Morgan fingerprint density at radius 2 is 2.29 bits per heavy atom. The van der Waals surface area contributed by atoms with Gasteiger partial charge in [0.2, 0.25) is 0 Å². The summed E-state index contributed by atoms with van der Waals surface area (Å²) in [6.07, 6.45) is 1.68. The number of rotatable bonds is 5. The maximum absolute atomic E-state index is 12.5. The lowest BCUT2D eigenvalue weighted by atomic mass is 10.1. The Balaban J connectivity index is 1.57. The summed E-state index contributed by atoms with van der Waals surface area (Å²) in [6.45, 7) is 8.58. The van der Waals surface area contributed by atoms with Crippen LogP contribution < -0.4 is 5.32 Å². The van der Waals surface area contributed by atoms with Crippen molar-refractivity contribution in [2.24, 2.45) is 0 Å². The molecule has 134 valence electrons. The minimum absolute atomic E-state index is 0.102. The van der Waals surface area contributed by atoms with E-state index in [1.807, 2.05) is 17.7 Å². The van der Waals surface area contributed by atoms with E-state index in [-0.39, 0.29) is 30.7 Å². The molecule has 0 unspecified atom stereocenters. The van der Waals surface area contributed by atoms with Gasteiger partial charge in [-0.25, -0.2) is 0 Å². The van der Waals surface area contributed by atoms with Crippen LogP contribution in [0.3, 0.4) is 0 Å². The van der Waals surface area contributed by atoms with Gasteiger partial charge >= 0.3 is 0 Å². The SMILES string of the molecule is Cc1cc(C(=O)N[C@@H]2C[C@H]3CO[C@@H](CCO)CN3C2)nn1C(C)C. The van der Waals surface area contributed by atoms with Gasteiger partial charge in [0.25, 0.3) is 5.91 Å². The lowest BCUT2D eigenvalue weighted by molar-refractivity contribution is -0.0566. The van der Waals surface area contributed by atoms with Crippen molar-refractivity contribution in [3.63, 3.8) is 0 Å². The fourth-order valence-corrected chi connectivity index (χ4v) is 3.75. The standard InChI is InChI=1S/C17H28N4O3/c1-11(2)21-12(3)6-16(19-21)17(23)18-13-7-14-10-24-15(4-5-22)9-20(14)8-13/h6,11,13-15,22H,4-5,7-10H2,1-3H3,(H,18,23)/t13-,14+,15+/m1/s1. The monoisotopic (exact) mass is 336 g/mol. The Morgan fingerprint density at radius 3 is 2.96 bits per heavy atom. The van der Waals surface area contributed by atoms with E-state index in [1.165, 1.54) is 0 Å². The van der Waals surface area contributed by atoms with Crippen molar-refractivity contribution in [1.82, 2.24) is 20.0 Å². The average molecular weight is 336 g/mol. The number of nitrogens with one attached hydrogen (secondary N) is 1. The first-order valence-electron chi connectivity index (χ1n) is 8.81. The number of aliphatic hydroxyl groups excluding tert-OH is 1. The van der Waals surface area contributed by atoms with Crippen LogP contribution in [0.25, 0.3) is 0 Å². The normalized spacial score (nSPS) is 27.5. The van der Waals surface area contributed by atoms with Crippen molar-refractivity contribution >= 4 is 5.91 Å². The zero-order valence-corrected chi connectivity index (χ0v) is 14.7. The van der Waals surface area contributed by atoms with E-state index >= 15 is 0 Å². The van der Waals surface area contributed by atoms with Gasteiger partial charge in [-0.3, -0.25) is 14.4 Å². The molecule has 2 fully saturated rings. The van der Waals surface area contributed by atoms with Crippen molar-refractivity contribution < 1.29 is 14.6 Å². The highest BCUT2D eigenvalue weighted by atomic mass is 16.5. The first kappa shape index (κ1) is 17.4. The number of ether oxygens (including phenoxy) is 1. The molecule has 2 saturated heterocycles. The number of carbonyl (C=O) groups is 1. The van der Waals surface area contributed by atoms with Crippen molar-refractivity contribution in [1.29, 1.82) is 0 Å². The Morgan fingerprint density at radius 1 is 1.50 bits per heavy atom. The number of aromatic nitrogens is 2. The molecule has 0 radical (unpaired) electrons. The molecule has 7 heteroatoms. The molecular formula is C17H28N4O3. The summed E-state index contributed by atoms with van der Waals surface area (Å²) in [6, 6.07) is 2.58. The van der Waals surface area contributed by atoms with E-state index in [9.17, 15) is 4.79 Å². The molecule has 0 aliphatic carbocycles. The number of aryl methyl sites for hydroxylation is 1. The number of morpholine rings is 1. The molecular weight excluding hydrogens is 308 g/mol. The maximum Gasteiger partial charge on any atom is 0.272 e. The number of aliphatic hydroxyl groups is 1. The molecule has 1 aromatic rings. The molecule has 3 atom stereocenters. The van der Waals surface area contributed by atoms with Crippen LogP contribution >= 0.6 is 0 Å². The second-order valence-corrected chi connectivity index (χ2v) is 7.19. The number of hydrogen-bond donors (Lipinski definition) is 2. The maximum atomic E-state index is 12.5. The summed E-state index contributed by atoms with van der Waals surface area (Å²) in [7, 11) is 0. The molecule has 2 aliphatic heterocycles. The summed E-state index contributed by atoms with van der Waals surface area (Å²) >= 11 is 0. The fraction of sp³-hybridized carbons (Fsp3) is 0.765. The van der Waals surface area contributed by atoms with Gasteiger partial charge in [0.1, 0.15) is 5.69 Å². The van der Waals surface area contributed by atoms with Gasteiger partial charge in [0, 0.05) is 43.5 Å². The van der Waals surface area contributed by atoms with Gasteiger partial charge in [0.15, 0.2) is 0 Å². The quantitative estimate of drug-likeness (QED) is 0.828.